The molecule has 1 aliphatic heterocycles. The van der Waals surface area contributed by atoms with Crippen LogP contribution in [-0.2, 0) is 11.2 Å². The second-order valence-electron chi connectivity index (χ2n) is 5.43. The van der Waals surface area contributed by atoms with E-state index in [1.165, 1.54) is 11.1 Å². The highest BCUT2D eigenvalue weighted by atomic mass is 35.5. The number of rotatable bonds is 3. The van der Waals surface area contributed by atoms with E-state index >= 15 is 0 Å². The number of carbonyl (C=O) groups excluding carboxylic acids is 1. The Labute approximate surface area is 124 Å². The molecule has 2 nitrogen and oxygen atoms in total. The molecule has 0 N–H and O–H groups in total. The van der Waals surface area contributed by atoms with E-state index in [2.05, 4.69) is 32.0 Å². The van der Waals surface area contributed by atoms with Crippen LogP contribution < -0.4 is 0 Å². The summed E-state index contributed by atoms with van der Waals surface area (Å²) in [6, 6.07) is 8.42. The summed E-state index contributed by atoms with van der Waals surface area (Å²) < 4.78 is 0. The minimum atomic E-state index is -0.972. The maximum Gasteiger partial charge on any atom is 0.256 e. The van der Waals surface area contributed by atoms with Gasteiger partial charge >= 0.3 is 0 Å². The Balaban J connectivity index is 2.34. The quantitative estimate of drug-likeness (QED) is 0.774. The lowest BCUT2D eigenvalue weighted by molar-refractivity contribution is -0.132. The van der Waals surface area contributed by atoms with Crippen molar-refractivity contribution in [1.82, 2.24) is 4.90 Å². The molecule has 0 bridgehead atoms. The van der Waals surface area contributed by atoms with E-state index < -0.39 is 4.84 Å². The molecule has 2 rings (SSSR count). The zero-order valence-corrected chi connectivity index (χ0v) is 12.8. The number of carbonyl (C=O) groups is 1. The largest absolute Gasteiger partial charge is 0.333 e. The van der Waals surface area contributed by atoms with Crippen LogP contribution in [0, 0.1) is 5.92 Å². The standard InChI is InChI=1S/C15H19Cl2NO/c1-10(2)9-13-12-6-4-3-5-11(12)7-8-18(13)15(19)14(16)17/h3-6,10,13-14H,7-9H2,1-2H3. The van der Waals surface area contributed by atoms with Crippen molar-refractivity contribution in [1.29, 1.82) is 0 Å². The molecule has 1 aliphatic rings. The molecule has 0 saturated carbocycles. The molecule has 0 aromatic heterocycles. The Morgan fingerprint density at radius 1 is 1.37 bits per heavy atom. The van der Waals surface area contributed by atoms with E-state index in [0.717, 1.165) is 12.8 Å². The summed E-state index contributed by atoms with van der Waals surface area (Å²) in [5, 5.41) is 0. The highest BCUT2D eigenvalue weighted by Gasteiger charge is 2.33. The maximum absolute atomic E-state index is 12.2. The third-order valence-corrected chi connectivity index (χ3v) is 3.95. The van der Waals surface area contributed by atoms with Crippen LogP contribution in [0.2, 0.25) is 0 Å². The minimum Gasteiger partial charge on any atom is -0.333 e. The molecule has 4 heteroatoms. The summed E-state index contributed by atoms with van der Waals surface area (Å²) in [5.74, 6) is 0.332. The van der Waals surface area contributed by atoms with Crippen LogP contribution >= 0.6 is 23.2 Å². The summed E-state index contributed by atoms with van der Waals surface area (Å²) >= 11 is 11.5. The molecule has 104 valence electrons. The van der Waals surface area contributed by atoms with Crippen molar-refractivity contribution in [3.05, 3.63) is 35.4 Å². The van der Waals surface area contributed by atoms with Crippen LogP contribution in [0.25, 0.3) is 0 Å². The Morgan fingerprint density at radius 3 is 2.68 bits per heavy atom. The van der Waals surface area contributed by atoms with Gasteiger partial charge in [0, 0.05) is 6.54 Å². The Bertz CT molecular complexity index is 459. The average molecular weight is 300 g/mol. The first-order valence-electron chi connectivity index (χ1n) is 6.67. The first-order valence-corrected chi connectivity index (χ1v) is 7.54. The molecule has 0 aliphatic carbocycles. The molecule has 1 amide bonds. The van der Waals surface area contributed by atoms with E-state index in [4.69, 9.17) is 23.2 Å². The van der Waals surface area contributed by atoms with Crippen LogP contribution in [0.3, 0.4) is 0 Å². The van der Waals surface area contributed by atoms with Gasteiger partial charge in [0.2, 0.25) is 0 Å². The van der Waals surface area contributed by atoms with Crippen molar-refractivity contribution in [2.75, 3.05) is 6.54 Å². The van der Waals surface area contributed by atoms with Crippen LogP contribution in [0.4, 0.5) is 0 Å². The van der Waals surface area contributed by atoms with Gasteiger partial charge in [0.1, 0.15) is 0 Å². The number of nitrogens with zero attached hydrogens (tertiary/aromatic N) is 1. The molecule has 0 saturated heterocycles. The molecule has 1 unspecified atom stereocenters. The van der Waals surface area contributed by atoms with E-state index in [1.807, 2.05) is 11.0 Å². The van der Waals surface area contributed by atoms with Crippen molar-refractivity contribution < 1.29 is 4.79 Å². The van der Waals surface area contributed by atoms with Gasteiger partial charge in [-0.3, -0.25) is 4.79 Å². The summed E-state index contributed by atoms with van der Waals surface area (Å²) in [4.78, 5) is 13.0. The van der Waals surface area contributed by atoms with Crippen LogP contribution in [0.1, 0.15) is 37.4 Å². The summed E-state index contributed by atoms with van der Waals surface area (Å²) in [6.45, 7) is 5.03. The topological polar surface area (TPSA) is 20.3 Å². The lowest BCUT2D eigenvalue weighted by Crippen LogP contribution is -2.43. The molecule has 19 heavy (non-hydrogen) atoms. The number of halogens is 2. The van der Waals surface area contributed by atoms with E-state index in [9.17, 15) is 4.79 Å². The van der Waals surface area contributed by atoms with Crippen molar-refractivity contribution in [3.63, 3.8) is 0 Å². The van der Waals surface area contributed by atoms with Crippen LogP contribution in [0.15, 0.2) is 24.3 Å². The fraction of sp³-hybridized carbons (Fsp3) is 0.533. The Kier molecular flexibility index (Phi) is 4.75. The Hall–Kier alpha value is -0.730. The Morgan fingerprint density at radius 2 is 2.05 bits per heavy atom. The normalized spacial score (nSPS) is 18.8. The second kappa shape index (κ2) is 6.15. The minimum absolute atomic E-state index is 0.0949. The maximum atomic E-state index is 12.2. The van der Waals surface area contributed by atoms with Crippen molar-refractivity contribution in [2.45, 2.75) is 37.6 Å². The monoisotopic (exact) mass is 299 g/mol. The summed E-state index contributed by atoms with van der Waals surface area (Å²) in [7, 11) is 0. The van der Waals surface area contributed by atoms with Crippen molar-refractivity contribution >= 4 is 29.1 Å². The number of benzene rings is 1. The predicted molar refractivity (Wildman–Crippen MR) is 79.5 cm³/mol. The number of hydrogen-bond donors (Lipinski definition) is 0. The number of fused-ring (bicyclic) bond motifs is 1. The fourth-order valence-corrected chi connectivity index (χ4v) is 2.99. The van der Waals surface area contributed by atoms with Crippen LogP contribution in [0.5, 0.6) is 0 Å². The molecule has 0 radical (unpaired) electrons. The van der Waals surface area contributed by atoms with Crippen molar-refractivity contribution in [2.24, 2.45) is 5.92 Å². The second-order valence-corrected chi connectivity index (χ2v) is 6.52. The molecule has 1 aromatic rings. The zero-order valence-electron chi connectivity index (χ0n) is 11.3. The summed E-state index contributed by atoms with van der Waals surface area (Å²) in [5.41, 5.74) is 2.57. The van der Waals surface area contributed by atoms with Gasteiger partial charge in [0.15, 0.2) is 4.84 Å². The lowest BCUT2D eigenvalue weighted by atomic mass is 9.87. The molecular weight excluding hydrogens is 281 g/mol. The lowest BCUT2D eigenvalue weighted by Gasteiger charge is -2.38. The molecule has 0 fully saturated rings. The SMILES string of the molecule is CC(C)CC1c2ccccc2CCN1C(=O)C(Cl)Cl. The van der Waals surface area contributed by atoms with E-state index in [-0.39, 0.29) is 11.9 Å². The first-order chi connectivity index (χ1) is 9.00. The van der Waals surface area contributed by atoms with E-state index in [0.29, 0.717) is 12.5 Å². The number of amides is 1. The predicted octanol–water partition coefficient (Wildman–Crippen LogP) is 3.96. The van der Waals surface area contributed by atoms with Gasteiger partial charge < -0.3 is 4.90 Å². The molecule has 0 spiro atoms. The van der Waals surface area contributed by atoms with Gasteiger partial charge in [-0.2, -0.15) is 0 Å². The average Bonchev–Trinajstić information content (AvgIpc) is 2.37. The van der Waals surface area contributed by atoms with Crippen LogP contribution in [-0.4, -0.2) is 22.2 Å². The molecule has 1 atom stereocenters. The molecule has 1 aromatic carbocycles. The van der Waals surface area contributed by atoms with Gasteiger partial charge in [-0.1, -0.05) is 61.3 Å². The van der Waals surface area contributed by atoms with Gasteiger partial charge in [0.25, 0.3) is 5.91 Å². The first kappa shape index (κ1) is 14.7. The van der Waals surface area contributed by atoms with Gasteiger partial charge in [-0.15, -0.1) is 0 Å². The number of hydrogen-bond acceptors (Lipinski definition) is 1. The smallest absolute Gasteiger partial charge is 0.256 e. The van der Waals surface area contributed by atoms with Gasteiger partial charge in [-0.25, -0.2) is 0 Å². The number of alkyl halides is 2. The van der Waals surface area contributed by atoms with E-state index in [1.54, 1.807) is 0 Å². The highest BCUT2D eigenvalue weighted by Crippen LogP contribution is 2.35. The third-order valence-electron chi connectivity index (χ3n) is 3.58. The molecule has 1 heterocycles. The summed E-state index contributed by atoms with van der Waals surface area (Å²) in [6.07, 6.45) is 1.81. The molecular formula is C15H19Cl2NO. The fourth-order valence-electron chi connectivity index (χ4n) is 2.74. The van der Waals surface area contributed by atoms with Gasteiger partial charge in [-0.05, 0) is 29.9 Å². The highest BCUT2D eigenvalue weighted by molar-refractivity contribution is 6.53. The van der Waals surface area contributed by atoms with Gasteiger partial charge in [0.05, 0.1) is 6.04 Å². The third kappa shape index (κ3) is 3.24. The zero-order chi connectivity index (χ0) is 14.0. The van der Waals surface area contributed by atoms with Crippen molar-refractivity contribution in [3.8, 4) is 0 Å².